The largest absolute Gasteiger partial charge is 0.464 e. The molecule has 0 spiro atoms. The number of nitrogens with zero attached hydrogens (tertiary/aromatic N) is 5. The molecule has 0 saturated heterocycles. The third kappa shape index (κ3) is 3.66. The van der Waals surface area contributed by atoms with Gasteiger partial charge in [-0.1, -0.05) is 5.16 Å². The summed E-state index contributed by atoms with van der Waals surface area (Å²) in [5.74, 6) is -0.696. The van der Waals surface area contributed by atoms with Crippen molar-refractivity contribution >= 4 is 17.1 Å². The summed E-state index contributed by atoms with van der Waals surface area (Å²) in [7, 11) is 0. The third-order valence-corrected chi connectivity index (χ3v) is 6.92. The first-order chi connectivity index (χ1) is 18.2. The van der Waals surface area contributed by atoms with Crippen LogP contribution in [0.2, 0.25) is 0 Å². The fourth-order valence-corrected chi connectivity index (χ4v) is 4.98. The van der Waals surface area contributed by atoms with E-state index in [1.807, 2.05) is 0 Å². The third-order valence-electron chi connectivity index (χ3n) is 6.92. The van der Waals surface area contributed by atoms with Crippen LogP contribution < -0.4 is 0 Å². The van der Waals surface area contributed by atoms with Crippen LogP contribution in [-0.4, -0.2) is 41.0 Å². The number of carboxylic acid groups (broad SMARTS) is 1. The molecule has 0 radical (unpaired) electrons. The van der Waals surface area contributed by atoms with E-state index in [4.69, 9.17) is 9.51 Å². The average Bonchev–Trinajstić information content (AvgIpc) is 3.58. The van der Waals surface area contributed by atoms with Crippen LogP contribution in [-0.2, 0) is 5.60 Å². The minimum atomic E-state index is -2.06. The van der Waals surface area contributed by atoms with Crippen molar-refractivity contribution < 1.29 is 28.3 Å². The van der Waals surface area contributed by atoms with Crippen LogP contribution in [0.25, 0.3) is 22.2 Å². The number of carbonyl (C=O) groups is 1. The Bertz CT molecular complexity index is 1640. The van der Waals surface area contributed by atoms with E-state index in [1.165, 1.54) is 24.5 Å². The minimum absolute atomic E-state index is 0.0399. The van der Waals surface area contributed by atoms with Crippen molar-refractivity contribution in [3.05, 3.63) is 94.7 Å². The molecule has 0 atom stereocenters. The zero-order valence-electron chi connectivity index (χ0n) is 20.3. The molecule has 11 heteroatoms. The van der Waals surface area contributed by atoms with E-state index < -0.39 is 23.6 Å². The maximum absolute atomic E-state index is 13.8. The second kappa shape index (κ2) is 8.52. The standard InChI is InChI=1S/C27H21F2N5O4/c1-13-23(14(2)38-33-13)16-9-19(24-20(10-16)34(26(35)36)25(32-24)15-3-4-15)27(37,17-5-7-21(28)30-11-17)18-6-8-22(29)31-12-18/h5-12,15,37H,3-4H2,1-2H3,(H,35,36). The molecular weight excluding hydrogens is 496 g/mol. The lowest BCUT2D eigenvalue weighted by atomic mass is 9.80. The Morgan fingerprint density at radius 1 is 1.05 bits per heavy atom. The lowest BCUT2D eigenvalue weighted by molar-refractivity contribution is 0.126. The summed E-state index contributed by atoms with van der Waals surface area (Å²) in [6, 6.07) is 8.24. The van der Waals surface area contributed by atoms with Crippen molar-refractivity contribution in [1.82, 2.24) is 24.7 Å². The van der Waals surface area contributed by atoms with E-state index in [1.54, 1.807) is 26.0 Å². The van der Waals surface area contributed by atoms with Gasteiger partial charge in [0, 0.05) is 40.6 Å². The van der Waals surface area contributed by atoms with Gasteiger partial charge in [0.25, 0.3) is 0 Å². The predicted octanol–water partition coefficient (Wildman–Crippen LogP) is 5.06. The molecule has 1 fully saturated rings. The fourth-order valence-electron chi connectivity index (χ4n) is 4.98. The molecule has 1 aromatic carbocycles. The summed E-state index contributed by atoms with van der Waals surface area (Å²) < 4.78 is 34.1. The van der Waals surface area contributed by atoms with Crippen LogP contribution in [0.4, 0.5) is 13.6 Å². The van der Waals surface area contributed by atoms with Gasteiger partial charge in [-0.2, -0.15) is 8.78 Å². The van der Waals surface area contributed by atoms with Gasteiger partial charge in [-0.05, 0) is 68.7 Å². The summed E-state index contributed by atoms with van der Waals surface area (Å²) >= 11 is 0. The smallest absolute Gasteiger partial charge is 0.417 e. The Labute approximate surface area is 214 Å². The number of fused-ring (bicyclic) bond motifs is 1. The molecule has 2 N–H and O–H groups in total. The number of aliphatic hydroxyl groups is 1. The SMILES string of the molecule is Cc1noc(C)c1-c1cc(C(O)(c2ccc(F)nc2)c2ccc(F)nc2)c2nc(C3CC3)n(C(=O)O)c2c1. The van der Waals surface area contributed by atoms with Crippen molar-refractivity contribution in [2.75, 3.05) is 0 Å². The molecule has 38 heavy (non-hydrogen) atoms. The molecule has 5 aromatic rings. The Hall–Kier alpha value is -4.51. The van der Waals surface area contributed by atoms with Crippen LogP contribution in [0.5, 0.6) is 0 Å². The summed E-state index contributed by atoms with van der Waals surface area (Å²) in [5, 5.41) is 26.7. The maximum Gasteiger partial charge on any atom is 0.417 e. The lowest BCUT2D eigenvalue weighted by Gasteiger charge is -2.30. The molecule has 4 heterocycles. The molecule has 6 rings (SSSR count). The molecular formula is C27H21F2N5O4. The number of halogens is 2. The highest BCUT2D eigenvalue weighted by Gasteiger charge is 2.40. The molecule has 0 unspecified atom stereocenters. The molecule has 1 saturated carbocycles. The highest BCUT2D eigenvalue weighted by Crippen LogP contribution is 2.46. The Kier molecular flexibility index (Phi) is 5.35. The van der Waals surface area contributed by atoms with Crippen molar-refractivity contribution in [3.8, 4) is 11.1 Å². The highest BCUT2D eigenvalue weighted by atomic mass is 19.1. The normalized spacial score (nSPS) is 13.8. The molecule has 4 aromatic heterocycles. The van der Waals surface area contributed by atoms with E-state index in [2.05, 4.69) is 15.1 Å². The summed E-state index contributed by atoms with van der Waals surface area (Å²) in [6.07, 6.45) is 2.70. The maximum atomic E-state index is 13.8. The van der Waals surface area contributed by atoms with Crippen LogP contribution in [0.1, 0.15) is 52.7 Å². The quantitative estimate of drug-likeness (QED) is 0.310. The number of hydrogen-bond donors (Lipinski definition) is 2. The predicted molar refractivity (Wildman–Crippen MR) is 131 cm³/mol. The van der Waals surface area contributed by atoms with Crippen molar-refractivity contribution in [2.45, 2.75) is 38.2 Å². The van der Waals surface area contributed by atoms with Crippen LogP contribution >= 0.6 is 0 Å². The van der Waals surface area contributed by atoms with E-state index in [-0.39, 0.29) is 33.6 Å². The van der Waals surface area contributed by atoms with Crippen LogP contribution in [0.3, 0.4) is 0 Å². The molecule has 0 amide bonds. The van der Waals surface area contributed by atoms with Crippen molar-refractivity contribution in [1.29, 1.82) is 0 Å². The van der Waals surface area contributed by atoms with Crippen molar-refractivity contribution in [3.63, 3.8) is 0 Å². The molecule has 9 nitrogen and oxygen atoms in total. The lowest BCUT2D eigenvalue weighted by Crippen LogP contribution is -2.30. The molecule has 0 bridgehead atoms. The van der Waals surface area contributed by atoms with Gasteiger partial charge >= 0.3 is 6.09 Å². The van der Waals surface area contributed by atoms with Gasteiger partial charge in [0.15, 0.2) is 0 Å². The topological polar surface area (TPSA) is 127 Å². The number of aryl methyl sites for hydroxylation is 2. The molecule has 0 aliphatic heterocycles. The van der Waals surface area contributed by atoms with Gasteiger partial charge in [-0.25, -0.2) is 24.3 Å². The van der Waals surface area contributed by atoms with Gasteiger partial charge in [0.2, 0.25) is 11.9 Å². The second-order valence-corrected chi connectivity index (χ2v) is 9.40. The van der Waals surface area contributed by atoms with E-state index in [9.17, 15) is 23.8 Å². The number of benzene rings is 1. The van der Waals surface area contributed by atoms with E-state index in [0.717, 1.165) is 29.5 Å². The van der Waals surface area contributed by atoms with Gasteiger partial charge < -0.3 is 14.7 Å². The zero-order chi connectivity index (χ0) is 26.8. The van der Waals surface area contributed by atoms with Crippen LogP contribution in [0, 0.1) is 25.7 Å². The molecule has 1 aliphatic carbocycles. The number of imidazole rings is 1. The van der Waals surface area contributed by atoms with E-state index in [0.29, 0.717) is 28.4 Å². The summed E-state index contributed by atoms with van der Waals surface area (Å²) in [4.78, 5) is 24.6. The van der Waals surface area contributed by atoms with E-state index >= 15 is 0 Å². The highest BCUT2D eigenvalue weighted by molar-refractivity contribution is 5.94. The number of hydrogen-bond acceptors (Lipinski definition) is 7. The van der Waals surface area contributed by atoms with Gasteiger partial charge in [-0.3, -0.25) is 0 Å². The summed E-state index contributed by atoms with van der Waals surface area (Å²) in [6.45, 7) is 3.48. The Morgan fingerprint density at radius 2 is 1.68 bits per heavy atom. The first kappa shape index (κ1) is 23.9. The van der Waals surface area contributed by atoms with Gasteiger partial charge in [0.1, 0.15) is 17.2 Å². The van der Waals surface area contributed by atoms with Gasteiger partial charge in [0.05, 0.1) is 16.7 Å². The zero-order valence-corrected chi connectivity index (χ0v) is 20.3. The monoisotopic (exact) mass is 517 g/mol. The second-order valence-electron chi connectivity index (χ2n) is 9.40. The first-order valence-electron chi connectivity index (χ1n) is 11.9. The molecule has 1 aliphatic rings. The fraction of sp³-hybridized carbons (Fsp3) is 0.222. The summed E-state index contributed by atoms with van der Waals surface area (Å²) in [5.41, 5.74) is 0.614. The van der Waals surface area contributed by atoms with Gasteiger partial charge in [-0.15, -0.1) is 0 Å². The van der Waals surface area contributed by atoms with Crippen LogP contribution in [0.15, 0.2) is 53.3 Å². The minimum Gasteiger partial charge on any atom is -0.464 e. The molecule has 192 valence electrons. The first-order valence-corrected chi connectivity index (χ1v) is 11.9. The average molecular weight is 517 g/mol. The van der Waals surface area contributed by atoms with Crippen molar-refractivity contribution in [2.24, 2.45) is 0 Å². The Balaban J connectivity index is 1.76. The Morgan fingerprint density at radius 3 is 2.16 bits per heavy atom. The number of pyridine rings is 2. The number of rotatable bonds is 5. The number of aromatic nitrogens is 5.